The maximum atomic E-state index is 15.3. The average Bonchev–Trinajstić information content (AvgIpc) is 3.50. The molecule has 2 heterocycles. The Bertz CT molecular complexity index is 1030. The third-order valence-electron chi connectivity index (χ3n) is 6.07. The molecule has 1 saturated carbocycles. The monoisotopic (exact) mass is 404 g/mol. The lowest BCUT2D eigenvalue weighted by atomic mass is 9.88. The number of hydrogen-bond donors (Lipinski definition) is 2. The number of rotatable bonds is 4. The number of benzene rings is 1. The number of halogens is 1. The molecular weight excluding hydrogens is 379 g/mol. The smallest absolute Gasteiger partial charge is 0.341 e. The zero-order chi connectivity index (χ0) is 21.0. The van der Waals surface area contributed by atoms with Gasteiger partial charge in [0.2, 0.25) is 5.43 Å². The highest BCUT2D eigenvalue weighted by molar-refractivity contribution is 5.97. The largest absolute Gasteiger partial charge is 0.492 e. The van der Waals surface area contributed by atoms with Crippen LogP contribution in [-0.2, 0) is 0 Å². The summed E-state index contributed by atoms with van der Waals surface area (Å²) in [4.78, 5) is 26.2. The van der Waals surface area contributed by atoms with Gasteiger partial charge in [0, 0.05) is 25.3 Å². The van der Waals surface area contributed by atoms with Gasteiger partial charge in [-0.15, -0.1) is 0 Å². The molecule has 1 aromatic heterocycles. The van der Waals surface area contributed by atoms with Crippen molar-refractivity contribution in [2.45, 2.75) is 38.8 Å². The number of piperidine rings is 1. The van der Waals surface area contributed by atoms with Gasteiger partial charge in [-0.1, -0.05) is 13.8 Å². The van der Waals surface area contributed by atoms with Gasteiger partial charge in [0.25, 0.3) is 0 Å². The third-order valence-corrected chi connectivity index (χ3v) is 6.07. The highest BCUT2D eigenvalue weighted by Gasteiger charge is 2.35. The normalized spacial score (nSPS) is 24.7. The van der Waals surface area contributed by atoms with E-state index >= 15 is 4.39 Å². The number of carboxylic acid groups (broad SMARTS) is 1. The van der Waals surface area contributed by atoms with Crippen molar-refractivity contribution in [1.29, 1.82) is 0 Å². The number of carboxylic acids is 1. The number of hydrogen-bond acceptors (Lipinski definition) is 5. The van der Waals surface area contributed by atoms with E-state index in [0.717, 1.165) is 18.9 Å². The molecule has 2 unspecified atom stereocenters. The fourth-order valence-electron chi connectivity index (χ4n) is 4.45. The van der Waals surface area contributed by atoms with E-state index in [4.69, 9.17) is 4.74 Å². The highest BCUT2D eigenvalue weighted by atomic mass is 19.1. The van der Waals surface area contributed by atoms with Crippen LogP contribution in [0.15, 0.2) is 17.1 Å². The van der Waals surface area contributed by atoms with Crippen LogP contribution in [0, 0.1) is 17.7 Å². The number of fused-ring (bicyclic) bond motifs is 1. The van der Waals surface area contributed by atoms with Crippen molar-refractivity contribution in [3.05, 3.63) is 33.9 Å². The zero-order valence-electron chi connectivity index (χ0n) is 16.7. The quantitative estimate of drug-likeness (QED) is 0.814. The van der Waals surface area contributed by atoms with Crippen LogP contribution in [0.1, 0.15) is 43.1 Å². The summed E-state index contributed by atoms with van der Waals surface area (Å²) in [5.74, 6) is -1.84. The Hall–Kier alpha value is -2.61. The standard InChI is InChI=1S/C21H25FN2O5/c1-10-7-23(8-11(2)18(10)25)17-15(22)6-13-16(20(17)29-3)24(12-4-5-12)9-14(19(13)26)21(27)28/h6,9-12,18,25H,4-5,7-8H2,1-3H3,(H,27,28). The van der Waals surface area contributed by atoms with E-state index in [1.54, 1.807) is 4.57 Å². The second-order valence-corrected chi connectivity index (χ2v) is 8.30. The van der Waals surface area contributed by atoms with Crippen molar-refractivity contribution in [3.8, 4) is 5.75 Å². The molecule has 2 atom stereocenters. The predicted molar refractivity (Wildman–Crippen MR) is 106 cm³/mol. The molecular formula is C21H25FN2O5. The molecule has 0 radical (unpaired) electrons. The van der Waals surface area contributed by atoms with E-state index in [1.165, 1.54) is 13.3 Å². The Kier molecular flexibility index (Phi) is 4.77. The molecule has 4 rings (SSSR count). The van der Waals surface area contributed by atoms with Crippen molar-refractivity contribution in [2.75, 3.05) is 25.1 Å². The zero-order valence-corrected chi connectivity index (χ0v) is 16.7. The van der Waals surface area contributed by atoms with Gasteiger partial charge in [-0.3, -0.25) is 4.79 Å². The van der Waals surface area contributed by atoms with Gasteiger partial charge in [-0.05, 0) is 30.7 Å². The predicted octanol–water partition coefficient (Wildman–Crippen LogP) is 2.64. The number of carbonyl (C=O) groups is 1. The van der Waals surface area contributed by atoms with Gasteiger partial charge in [0.05, 0.1) is 24.1 Å². The SMILES string of the molecule is COc1c(N2CC(C)C(O)C(C)C2)c(F)cc2c(=O)c(C(=O)O)cn(C3CC3)c12. The maximum Gasteiger partial charge on any atom is 0.341 e. The number of pyridine rings is 1. The first-order valence-electron chi connectivity index (χ1n) is 9.86. The van der Waals surface area contributed by atoms with Crippen LogP contribution in [-0.4, -0.2) is 47.1 Å². The van der Waals surface area contributed by atoms with Gasteiger partial charge in [0.15, 0.2) is 11.6 Å². The van der Waals surface area contributed by atoms with Crippen molar-refractivity contribution in [2.24, 2.45) is 11.8 Å². The second-order valence-electron chi connectivity index (χ2n) is 8.30. The van der Waals surface area contributed by atoms with Crippen molar-refractivity contribution in [3.63, 3.8) is 0 Å². The minimum Gasteiger partial charge on any atom is -0.492 e. The lowest BCUT2D eigenvalue weighted by molar-refractivity contribution is 0.0526. The van der Waals surface area contributed by atoms with E-state index < -0.39 is 23.3 Å². The van der Waals surface area contributed by atoms with Crippen LogP contribution in [0.3, 0.4) is 0 Å². The number of nitrogens with zero attached hydrogens (tertiary/aromatic N) is 2. The minimum absolute atomic E-state index is 0.00745. The van der Waals surface area contributed by atoms with Crippen LogP contribution in [0.4, 0.5) is 10.1 Å². The number of aromatic nitrogens is 1. The molecule has 2 N–H and O–H groups in total. The molecule has 1 saturated heterocycles. The first-order chi connectivity index (χ1) is 13.7. The van der Waals surface area contributed by atoms with Crippen LogP contribution < -0.4 is 15.1 Å². The number of aromatic carboxylic acids is 1. The fraction of sp³-hybridized carbons (Fsp3) is 0.524. The second kappa shape index (κ2) is 7.02. The molecule has 1 aliphatic heterocycles. The third kappa shape index (κ3) is 3.15. The summed E-state index contributed by atoms with van der Waals surface area (Å²) in [6, 6.07) is 1.19. The van der Waals surface area contributed by atoms with Crippen LogP contribution >= 0.6 is 0 Å². The Morgan fingerprint density at radius 3 is 2.38 bits per heavy atom. The van der Waals surface area contributed by atoms with E-state index in [2.05, 4.69) is 0 Å². The Balaban J connectivity index is 1.99. The summed E-state index contributed by atoms with van der Waals surface area (Å²) < 4.78 is 22.6. The fourth-order valence-corrected chi connectivity index (χ4v) is 4.45. The van der Waals surface area contributed by atoms with Gasteiger partial charge >= 0.3 is 5.97 Å². The van der Waals surface area contributed by atoms with Crippen molar-refractivity contribution in [1.82, 2.24) is 4.57 Å². The average molecular weight is 404 g/mol. The molecule has 156 valence electrons. The number of aliphatic hydroxyl groups excluding tert-OH is 1. The molecule has 0 bridgehead atoms. The maximum absolute atomic E-state index is 15.3. The molecule has 0 spiro atoms. The summed E-state index contributed by atoms with van der Waals surface area (Å²) in [6.07, 6.45) is 2.59. The molecule has 2 aromatic rings. The molecule has 1 aromatic carbocycles. The van der Waals surface area contributed by atoms with Gasteiger partial charge in [0.1, 0.15) is 11.3 Å². The van der Waals surface area contributed by atoms with Crippen molar-refractivity contribution < 1.29 is 24.1 Å². The van der Waals surface area contributed by atoms with Crippen molar-refractivity contribution >= 4 is 22.6 Å². The summed E-state index contributed by atoms with van der Waals surface area (Å²) >= 11 is 0. The summed E-state index contributed by atoms with van der Waals surface area (Å²) in [6.45, 7) is 4.73. The first-order valence-corrected chi connectivity index (χ1v) is 9.86. The Morgan fingerprint density at radius 2 is 1.86 bits per heavy atom. The highest BCUT2D eigenvalue weighted by Crippen LogP contribution is 2.44. The van der Waals surface area contributed by atoms with E-state index in [9.17, 15) is 19.8 Å². The topological polar surface area (TPSA) is 92.0 Å². The minimum atomic E-state index is -1.33. The summed E-state index contributed by atoms with van der Waals surface area (Å²) in [5, 5.41) is 19.7. The van der Waals surface area contributed by atoms with Crippen LogP contribution in [0.2, 0.25) is 0 Å². The summed E-state index contributed by atoms with van der Waals surface area (Å²) in [5.41, 5.74) is -0.416. The number of methoxy groups -OCH3 is 1. The molecule has 7 nitrogen and oxygen atoms in total. The lowest BCUT2D eigenvalue weighted by Gasteiger charge is -2.40. The van der Waals surface area contributed by atoms with Gasteiger partial charge in [-0.2, -0.15) is 0 Å². The first kappa shape index (κ1) is 19.7. The number of ether oxygens (including phenoxy) is 1. The molecule has 29 heavy (non-hydrogen) atoms. The number of aliphatic hydroxyl groups is 1. The van der Waals surface area contributed by atoms with Crippen LogP contribution in [0.25, 0.3) is 10.9 Å². The van der Waals surface area contributed by atoms with Gasteiger partial charge < -0.3 is 24.4 Å². The Morgan fingerprint density at radius 1 is 1.24 bits per heavy atom. The molecule has 1 aliphatic carbocycles. The van der Waals surface area contributed by atoms with Gasteiger partial charge in [-0.25, -0.2) is 9.18 Å². The van der Waals surface area contributed by atoms with E-state index in [0.29, 0.717) is 18.6 Å². The lowest BCUT2D eigenvalue weighted by Crippen LogP contribution is -2.47. The van der Waals surface area contributed by atoms with Crippen LogP contribution in [0.5, 0.6) is 5.75 Å². The molecule has 0 amide bonds. The number of anilines is 1. The molecule has 2 aliphatic rings. The summed E-state index contributed by atoms with van der Waals surface area (Å²) in [7, 11) is 1.43. The molecule has 8 heteroatoms. The Labute approximate surface area is 167 Å². The van der Waals surface area contributed by atoms with E-state index in [-0.39, 0.29) is 40.3 Å². The van der Waals surface area contributed by atoms with E-state index in [1.807, 2.05) is 18.7 Å². The molecule has 2 fully saturated rings.